The number of aromatic amines is 1. The Balaban J connectivity index is 1.58. The van der Waals surface area contributed by atoms with Gasteiger partial charge >= 0.3 is 0 Å². The van der Waals surface area contributed by atoms with Gasteiger partial charge in [0.1, 0.15) is 23.4 Å². The maximum absolute atomic E-state index is 13.5. The number of nitrogens with one attached hydrogen (secondary N) is 1. The summed E-state index contributed by atoms with van der Waals surface area (Å²) in [7, 11) is 0. The van der Waals surface area contributed by atoms with Gasteiger partial charge in [-0.05, 0) is 26.0 Å². The molecule has 1 unspecified atom stereocenters. The van der Waals surface area contributed by atoms with Crippen molar-refractivity contribution in [3.63, 3.8) is 0 Å². The van der Waals surface area contributed by atoms with E-state index in [1.54, 1.807) is 6.07 Å². The molecule has 1 N–H and O–H groups in total. The van der Waals surface area contributed by atoms with Crippen molar-refractivity contribution in [2.45, 2.75) is 37.7 Å². The molecule has 1 saturated heterocycles. The van der Waals surface area contributed by atoms with Crippen molar-refractivity contribution < 1.29 is 13.7 Å². The second-order valence-corrected chi connectivity index (χ2v) is 7.66. The van der Waals surface area contributed by atoms with E-state index in [2.05, 4.69) is 10.2 Å². The predicted molar refractivity (Wildman–Crippen MR) is 91.1 cm³/mol. The smallest absolute Gasteiger partial charge is 0.217 e. The average Bonchev–Trinajstić information content (AvgIpc) is 2.90. The first kappa shape index (κ1) is 17.5. The molecule has 1 aromatic heterocycles. The molecule has 1 aliphatic heterocycles. The Morgan fingerprint density at radius 3 is 2.67 bits per heavy atom. The highest BCUT2D eigenvalue weighted by atomic mass is 35.5. The molecule has 0 amide bonds. The number of H-pyrrole nitrogens is 1. The molecular weight excluding hydrogens is 353 g/mol. The van der Waals surface area contributed by atoms with Crippen LogP contribution < -0.4 is 4.74 Å². The quantitative estimate of drug-likeness (QED) is 0.837. The van der Waals surface area contributed by atoms with E-state index in [9.17, 15) is 8.94 Å². The van der Waals surface area contributed by atoms with Crippen LogP contribution in [0.2, 0.25) is 5.02 Å². The number of rotatable bonds is 4. The van der Waals surface area contributed by atoms with E-state index in [0.29, 0.717) is 18.8 Å². The topological polar surface area (TPSA) is 64.2 Å². The second-order valence-electron chi connectivity index (χ2n) is 5.83. The number of ether oxygens (including phenoxy) is 1. The molecule has 1 fully saturated rings. The number of aromatic nitrogens is 2. The number of hydrogen-bond acceptors (Lipinski definition) is 4. The van der Waals surface area contributed by atoms with E-state index in [1.807, 2.05) is 18.2 Å². The molecular formula is C16H19ClFN3O2S. The Hall–Kier alpha value is -1.28. The number of hydrogen-bond donors (Lipinski definition) is 1. The molecule has 0 spiro atoms. The number of halogens is 2. The molecule has 2 aromatic rings. The lowest BCUT2D eigenvalue weighted by Crippen LogP contribution is -2.42. The summed E-state index contributed by atoms with van der Waals surface area (Å²) in [6.45, 7) is 5.02. The number of benzene rings is 1. The van der Waals surface area contributed by atoms with Gasteiger partial charge in [0.25, 0.3) is 0 Å². The largest absolute Gasteiger partial charge is 0.593 e. The van der Waals surface area contributed by atoms with Crippen LogP contribution in [0.25, 0.3) is 0 Å². The van der Waals surface area contributed by atoms with Crippen molar-refractivity contribution in [1.29, 1.82) is 0 Å². The van der Waals surface area contributed by atoms with Gasteiger partial charge in [-0.2, -0.15) is 5.10 Å². The highest BCUT2D eigenvalue weighted by Gasteiger charge is 2.32. The van der Waals surface area contributed by atoms with Crippen LogP contribution in [0.15, 0.2) is 23.1 Å². The van der Waals surface area contributed by atoms with Crippen LogP contribution in [-0.4, -0.2) is 38.2 Å². The number of nitrogens with zero attached hydrogens (tertiary/aromatic N) is 2. The maximum Gasteiger partial charge on any atom is 0.217 e. The van der Waals surface area contributed by atoms with E-state index in [-0.39, 0.29) is 11.1 Å². The zero-order valence-corrected chi connectivity index (χ0v) is 15.1. The van der Waals surface area contributed by atoms with E-state index >= 15 is 0 Å². The maximum atomic E-state index is 13.5. The van der Waals surface area contributed by atoms with Crippen LogP contribution in [0.3, 0.4) is 0 Å². The van der Waals surface area contributed by atoms with Gasteiger partial charge in [0.2, 0.25) is 4.90 Å². The van der Waals surface area contributed by atoms with E-state index in [4.69, 9.17) is 16.3 Å². The molecule has 0 bridgehead atoms. The lowest BCUT2D eigenvalue weighted by Gasteiger charge is -2.31. The van der Waals surface area contributed by atoms with Crippen LogP contribution in [0, 0.1) is 19.7 Å². The average molecular weight is 372 g/mol. The third-order valence-electron chi connectivity index (χ3n) is 4.06. The number of piperidine rings is 1. The lowest BCUT2D eigenvalue weighted by atomic mass is 10.1. The summed E-state index contributed by atoms with van der Waals surface area (Å²) < 4.78 is 33.9. The zero-order valence-electron chi connectivity index (χ0n) is 13.5. The Labute approximate surface area is 148 Å². The minimum absolute atomic E-state index is 0.0228. The van der Waals surface area contributed by atoms with Crippen molar-refractivity contribution in [1.82, 2.24) is 14.5 Å². The van der Waals surface area contributed by atoms with Crippen molar-refractivity contribution in [2.24, 2.45) is 0 Å². The third-order valence-corrected chi connectivity index (χ3v) is 6.16. The fourth-order valence-electron chi connectivity index (χ4n) is 2.79. The van der Waals surface area contributed by atoms with Crippen LogP contribution in [0.4, 0.5) is 4.39 Å². The van der Waals surface area contributed by atoms with Gasteiger partial charge in [-0.1, -0.05) is 11.6 Å². The summed E-state index contributed by atoms with van der Waals surface area (Å²) in [5.74, 6) is -0.0170. The lowest BCUT2D eigenvalue weighted by molar-refractivity contribution is 0.134. The first-order valence-electron chi connectivity index (χ1n) is 7.76. The third kappa shape index (κ3) is 3.69. The molecule has 8 heteroatoms. The summed E-state index contributed by atoms with van der Waals surface area (Å²) in [4.78, 5) is 0.758. The van der Waals surface area contributed by atoms with Gasteiger partial charge in [0.05, 0.1) is 22.1 Å². The molecule has 1 atom stereocenters. The van der Waals surface area contributed by atoms with Crippen molar-refractivity contribution in [2.75, 3.05) is 13.1 Å². The molecule has 1 aliphatic rings. The molecule has 24 heavy (non-hydrogen) atoms. The molecule has 0 aliphatic carbocycles. The van der Waals surface area contributed by atoms with Gasteiger partial charge in [-0.15, -0.1) is 4.31 Å². The Bertz CT molecular complexity index is 700. The molecule has 1 aromatic carbocycles. The van der Waals surface area contributed by atoms with Crippen molar-refractivity contribution in [3.05, 3.63) is 40.4 Å². The van der Waals surface area contributed by atoms with Gasteiger partial charge in [-0.3, -0.25) is 5.10 Å². The highest BCUT2D eigenvalue weighted by molar-refractivity contribution is 7.89. The summed E-state index contributed by atoms with van der Waals surface area (Å²) in [6.07, 6.45) is 1.43. The molecule has 2 heterocycles. The van der Waals surface area contributed by atoms with E-state index in [1.165, 1.54) is 12.1 Å². The van der Waals surface area contributed by atoms with Crippen LogP contribution in [0.1, 0.15) is 24.2 Å². The summed E-state index contributed by atoms with van der Waals surface area (Å²) in [5, 5.41) is 7.05. The zero-order chi connectivity index (χ0) is 17.3. The Morgan fingerprint density at radius 1 is 1.38 bits per heavy atom. The first-order chi connectivity index (χ1) is 11.5. The molecule has 0 radical (unpaired) electrons. The minimum Gasteiger partial charge on any atom is -0.593 e. The SMILES string of the molecule is Cc1n[nH]c(C)c1[S+]([O-])N1CCC(Oc2ccc(Cl)c(F)c2)CC1. The molecule has 3 rings (SSSR count). The van der Waals surface area contributed by atoms with Crippen LogP contribution in [-0.2, 0) is 11.4 Å². The number of aryl methyl sites for hydroxylation is 2. The Kier molecular flexibility index (Phi) is 5.34. The van der Waals surface area contributed by atoms with E-state index in [0.717, 1.165) is 29.1 Å². The highest BCUT2D eigenvalue weighted by Crippen LogP contribution is 2.27. The molecule has 5 nitrogen and oxygen atoms in total. The minimum atomic E-state index is -1.22. The van der Waals surface area contributed by atoms with Gasteiger partial charge in [0.15, 0.2) is 0 Å². The monoisotopic (exact) mass is 371 g/mol. The van der Waals surface area contributed by atoms with Crippen molar-refractivity contribution in [3.8, 4) is 5.75 Å². The summed E-state index contributed by atoms with van der Waals surface area (Å²) in [6, 6.07) is 4.44. The second kappa shape index (κ2) is 7.31. The van der Waals surface area contributed by atoms with Gasteiger partial charge < -0.3 is 9.29 Å². The van der Waals surface area contributed by atoms with Crippen molar-refractivity contribution >= 4 is 23.0 Å². The summed E-state index contributed by atoms with van der Waals surface area (Å²) in [5.41, 5.74) is 1.60. The summed E-state index contributed by atoms with van der Waals surface area (Å²) >= 11 is 4.45. The normalized spacial score (nSPS) is 17.9. The van der Waals surface area contributed by atoms with E-state index < -0.39 is 17.2 Å². The van der Waals surface area contributed by atoms with Crippen LogP contribution in [0.5, 0.6) is 5.75 Å². The fraction of sp³-hybridized carbons (Fsp3) is 0.438. The Morgan fingerprint density at radius 2 is 2.08 bits per heavy atom. The molecule has 130 valence electrons. The van der Waals surface area contributed by atoms with Crippen LogP contribution >= 0.6 is 11.6 Å². The molecule has 0 saturated carbocycles. The first-order valence-corrected chi connectivity index (χ1v) is 9.24. The fourth-order valence-corrected chi connectivity index (χ4v) is 4.31. The standard InChI is InChI=1S/C16H19ClFN3O2S/c1-10-16(11(2)20-19-10)24(22)21-7-5-12(6-8-21)23-13-3-4-14(17)15(18)9-13/h3-4,9,12H,5-8H2,1-2H3,(H,19,20). The van der Waals surface area contributed by atoms with Gasteiger partial charge in [0, 0.05) is 32.0 Å². The predicted octanol–water partition coefficient (Wildman–Crippen LogP) is 3.39. The van der Waals surface area contributed by atoms with Gasteiger partial charge in [-0.25, -0.2) is 4.39 Å².